The lowest BCUT2D eigenvalue weighted by molar-refractivity contribution is 0.0525. The van der Waals surface area contributed by atoms with Crippen LogP contribution in [0.3, 0.4) is 0 Å². The highest BCUT2D eigenvalue weighted by Gasteiger charge is 2.27. The summed E-state index contributed by atoms with van der Waals surface area (Å²) in [5, 5.41) is 8.47. The first-order valence-electron chi connectivity index (χ1n) is 8.39. The average Bonchev–Trinajstić information content (AvgIpc) is 3.08. The van der Waals surface area contributed by atoms with E-state index < -0.39 is 11.2 Å². The molecule has 8 heteroatoms. The Labute approximate surface area is 157 Å². The van der Waals surface area contributed by atoms with Gasteiger partial charge in [0.05, 0.1) is 23.1 Å². The van der Waals surface area contributed by atoms with Crippen LogP contribution in [0.15, 0.2) is 17.8 Å². The van der Waals surface area contributed by atoms with Crippen molar-refractivity contribution in [3.8, 4) is 0 Å². The molecule has 7 nitrogen and oxygen atoms in total. The summed E-state index contributed by atoms with van der Waals surface area (Å²) < 4.78 is 6.98. The first-order valence-corrected chi connectivity index (χ1v) is 9.27. The zero-order chi connectivity index (χ0) is 19.4. The van der Waals surface area contributed by atoms with Crippen LogP contribution in [0.1, 0.15) is 51.8 Å². The third-order valence-corrected chi connectivity index (χ3v) is 5.11. The number of nitrogens with zero attached hydrogens (tertiary/aromatic N) is 3. The molecule has 0 radical (unpaired) electrons. The first-order chi connectivity index (χ1) is 12.3. The summed E-state index contributed by atoms with van der Waals surface area (Å²) in [5.74, 6) is 0.250. The van der Waals surface area contributed by atoms with E-state index in [2.05, 4.69) is 21.8 Å². The third-order valence-electron chi connectivity index (χ3n) is 4.03. The molecule has 2 heterocycles. The Morgan fingerprint density at radius 3 is 2.65 bits per heavy atom. The van der Waals surface area contributed by atoms with Crippen molar-refractivity contribution in [2.45, 2.75) is 51.6 Å². The molecule has 0 amide bonds. The molecular weight excluding hydrogens is 352 g/mol. The molecule has 0 aliphatic carbocycles. The zero-order valence-corrected chi connectivity index (χ0v) is 16.6. The number of esters is 1. The van der Waals surface area contributed by atoms with Gasteiger partial charge in [-0.05, 0) is 40.2 Å². The molecule has 0 saturated heterocycles. The van der Waals surface area contributed by atoms with E-state index in [1.807, 2.05) is 18.4 Å². The predicted molar refractivity (Wildman–Crippen MR) is 101 cm³/mol. The van der Waals surface area contributed by atoms with Crippen LogP contribution in [-0.4, -0.2) is 43.4 Å². The van der Waals surface area contributed by atoms with E-state index in [9.17, 15) is 9.59 Å². The second-order valence-electron chi connectivity index (χ2n) is 5.90. The van der Waals surface area contributed by atoms with E-state index in [4.69, 9.17) is 4.74 Å². The number of hydrogen-bond donors (Lipinski definition) is 1. The molecule has 2 aromatic rings. The lowest BCUT2D eigenvalue weighted by Crippen LogP contribution is -2.16. The van der Waals surface area contributed by atoms with Crippen molar-refractivity contribution >= 4 is 23.5 Å². The number of rotatable bonds is 8. The molecular formula is C18H24N4O3S. The van der Waals surface area contributed by atoms with Gasteiger partial charge in [-0.2, -0.15) is 0 Å². The fraction of sp³-hybridized carbons (Fsp3) is 0.444. The quantitative estimate of drug-likeness (QED) is 0.329. The summed E-state index contributed by atoms with van der Waals surface area (Å²) >= 11 is 1.33. The summed E-state index contributed by atoms with van der Waals surface area (Å²) in [6.45, 7) is 13.5. The van der Waals surface area contributed by atoms with E-state index in [-0.39, 0.29) is 12.4 Å². The van der Waals surface area contributed by atoms with Gasteiger partial charge in [0.2, 0.25) is 0 Å². The Balaban J connectivity index is 2.25. The minimum absolute atomic E-state index is 0.100. The molecule has 2 aromatic heterocycles. The van der Waals surface area contributed by atoms with E-state index >= 15 is 0 Å². The first kappa shape index (κ1) is 20.0. The van der Waals surface area contributed by atoms with Gasteiger partial charge in [-0.1, -0.05) is 17.8 Å². The number of ether oxygens (including phenoxy) is 1. The molecule has 1 atom stereocenters. The van der Waals surface area contributed by atoms with Gasteiger partial charge < -0.3 is 14.3 Å². The number of nitrogens with one attached hydrogen (secondary N) is 1. The molecule has 140 valence electrons. The number of aryl methyl sites for hydroxylation is 2. The number of Topliss-reactive ketones (excluding diaryl/α,β-unsaturated/α-hetero) is 1. The van der Waals surface area contributed by atoms with Crippen molar-refractivity contribution in [1.29, 1.82) is 0 Å². The average molecular weight is 376 g/mol. The van der Waals surface area contributed by atoms with Crippen molar-refractivity contribution in [2.24, 2.45) is 0 Å². The summed E-state index contributed by atoms with van der Waals surface area (Å²) in [6.07, 6.45) is 1.76. The van der Waals surface area contributed by atoms with Crippen molar-refractivity contribution in [2.75, 3.05) is 6.61 Å². The van der Waals surface area contributed by atoms with Crippen LogP contribution >= 0.6 is 11.8 Å². The van der Waals surface area contributed by atoms with Gasteiger partial charge in [0.1, 0.15) is 5.82 Å². The maximum absolute atomic E-state index is 12.9. The summed E-state index contributed by atoms with van der Waals surface area (Å²) in [7, 11) is 0. The molecule has 0 fully saturated rings. The number of aromatic nitrogens is 4. The van der Waals surface area contributed by atoms with Crippen molar-refractivity contribution in [1.82, 2.24) is 19.7 Å². The Bertz CT molecular complexity index is 838. The van der Waals surface area contributed by atoms with Crippen molar-refractivity contribution in [3.63, 3.8) is 0 Å². The second-order valence-corrected chi connectivity index (χ2v) is 7.21. The van der Waals surface area contributed by atoms with Gasteiger partial charge in [-0.15, -0.1) is 16.8 Å². The maximum Gasteiger partial charge on any atom is 0.340 e. The monoisotopic (exact) mass is 376 g/mol. The summed E-state index contributed by atoms with van der Waals surface area (Å²) in [4.78, 5) is 28.1. The van der Waals surface area contributed by atoms with Crippen molar-refractivity contribution < 1.29 is 14.3 Å². The van der Waals surface area contributed by atoms with Crippen LogP contribution in [0.25, 0.3) is 0 Å². The Morgan fingerprint density at radius 1 is 1.35 bits per heavy atom. The van der Waals surface area contributed by atoms with Gasteiger partial charge >= 0.3 is 5.97 Å². The molecule has 0 bridgehead atoms. The SMILES string of the molecule is C=CCn1c(C)nnc1S[C@H](C)C(=O)c1[nH]c(C)c(C(=O)OCC)c1C. The Morgan fingerprint density at radius 2 is 2.04 bits per heavy atom. The predicted octanol–water partition coefficient (Wildman–Crippen LogP) is 3.26. The highest BCUT2D eigenvalue weighted by Crippen LogP contribution is 2.27. The third kappa shape index (κ3) is 3.90. The minimum atomic E-state index is -0.417. The normalized spacial score (nSPS) is 12.0. The van der Waals surface area contributed by atoms with E-state index in [1.54, 1.807) is 26.8 Å². The lowest BCUT2D eigenvalue weighted by atomic mass is 10.1. The molecule has 0 aliphatic heterocycles. The molecule has 1 N–H and O–H groups in total. The van der Waals surface area contributed by atoms with Crippen LogP contribution in [-0.2, 0) is 11.3 Å². The van der Waals surface area contributed by atoms with Gasteiger partial charge in [0, 0.05) is 12.2 Å². The van der Waals surface area contributed by atoms with Gasteiger partial charge in [-0.3, -0.25) is 4.79 Å². The lowest BCUT2D eigenvalue weighted by Gasteiger charge is -2.11. The summed E-state index contributed by atoms with van der Waals surface area (Å²) in [6, 6.07) is 0. The van der Waals surface area contributed by atoms with E-state index in [1.165, 1.54) is 11.8 Å². The second kappa shape index (κ2) is 8.35. The number of aromatic amines is 1. The zero-order valence-electron chi connectivity index (χ0n) is 15.8. The van der Waals surface area contributed by atoms with E-state index in [0.29, 0.717) is 34.2 Å². The molecule has 26 heavy (non-hydrogen) atoms. The molecule has 0 aromatic carbocycles. The standard InChI is InChI=1S/C18H24N4O3S/c1-7-9-22-13(6)20-21-18(22)26-12(5)16(23)15-10(3)14(11(4)19-15)17(24)25-8-2/h7,12,19H,1,8-9H2,2-6H3/t12-/m1/s1. The summed E-state index contributed by atoms with van der Waals surface area (Å²) in [5.41, 5.74) is 2.10. The highest BCUT2D eigenvalue weighted by atomic mass is 32.2. The fourth-order valence-electron chi connectivity index (χ4n) is 2.71. The molecule has 0 spiro atoms. The number of carbonyl (C=O) groups is 2. The van der Waals surface area contributed by atoms with Crippen LogP contribution < -0.4 is 0 Å². The van der Waals surface area contributed by atoms with Crippen LogP contribution in [0.5, 0.6) is 0 Å². The number of carbonyl (C=O) groups excluding carboxylic acids is 2. The molecule has 0 aliphatic rings. The van der Waals surface area contributed by atoms with Crippen molar-refractivity contribution in [3.05, 3.63) is 41.0 Å². The molecule has 0 saturated carbocycles. The smallest absolute Gasteiger partial charge is 0.340 e. The van der Waals surface area contributed by atoms with Crippen LogP contribution in [0.2, 0.25) is 0 Å². The maximum atomic E-state index is 12.9. The van der Waals surface area contributed by atoms with Gasteiger partial charge in [0.15, 0.2) is 10.9 Å². The van der Waals surface area contributed by atoms with Crippen LogP contribution in [0.4, 0.5) is 0 Å². The Hall–Kier alpha value is -2.35. The Kier molecular flexibility index (Phi) is 6.42. The molecule has 2 rings (SSSR count). The minimum Gasteiger partial charge on any atom is -0.462 e. The molecule has 0 unspecified atom stereocenters. The fourth-order valence-corrected chi connectivity index (χ4v) is 3.67. The van der Waals surface area contributed by atoms with Gasteiger partial charge in [0.25, 0.3) is 0 Å². The topological polar surface area (TPSA) is 89.9 Å². The number of ketones is 1. The van der Waals surface area contributed by atoms with Crippen LogP contribution in [0, 0.1) is 20.8 Å². The largest absolute Gasteiger partial charge is 0.462 e. The number of hydrogen-bond acceptors (Lipinski definition) is 6. The number of allylic oxidation sites excluding steroid dienone is 1. The van der Waals surface area contributed by atoms with Gasteiger partial charge in [-0.25, -0.2) is 4.79 Å². The van der Waals surface area contributed by atoms with E-state index in [0.717, 1.165) is 5.82 Å². The number of H-pyrrole nitrogens is 1. The highest BCUT2D eigenvalue weighted by molar-refractivity contribution is 8.00. The number of thioether (sulfide) groups is 1.